The van der Waals surface area contributed by atoms with Crippen LogP contribution >= 0.6 is 0 Å². The van der Waals surface area contributed by atoms with Crippen LogP contribution in [0.1, 0.15) is 126 Å². The zero-order chi connectivity index (χ0) is 101. The number of fused-ring (bicyclic) bond motifs is 12. The van der Waals surface area contributed by atoms with Gasteiger partial charge in [-0.2, -0.15) is 20.4 Å². The molecule has 24 rings (SSSR count). The van der Waals surface area contributed by atoms with E-state index in [-0.39, 0.29) is 105 Å². The summed E-state index contributed by atoms with van der Waals surface area (Å²) < 4.78 is 34.7. The summed E-state index contributed by atoms with van der Waals surface area (Å²) in [5.41, 5.74) is 20.6. The van der Waals surface area contributed by atoms with Gasteiger partial charge in [-0.25, -0.2) is 66.8 Å². The maximum absolute atomic E-state index is 13.8. The molecule has 8 aliphatic carbocycles. The van der Waals surface area contributed by atoms with Crippen LogP contribution in [0.3, 0.4) is 0 Å². The molecule has 12 atom stereocenters. The Labute approximate surface area is 842 Å². The third-order valence-corrected chi connectivity index (χ3v) is 31.1. The number of pyridine rings is 9. The van der Waals surface area contributed by atoms with Gasteiger partial charge in [0.15, 0.2) is 46.4 Å². The fourth-order valence-electron chi connectivity index (χ4n) is 24.0. The van der Waals surface area contributed by atoms with E-state index in [2.05, 4.69) is 90.2 Å². The smallest absolute Gasteiger partial charge is 0.226 e. The molecule has 13 aromatic heterocycles. The molecule has 13 heterocycles. The highest BCUT2D eigenvalue weighted by Gasteiger charge is 2.56. The number of benzene rings is 3. The van der Waals surface area contributed by atoms with Crippen LogP contribution in [0.15, 0.2) is 321 Å². The van der Waals surface area contributed by atoms with Gasteiger partial charge < -0.3 is 19.2 Å². The van der Waals surface area contributed by atoms with Crippen molar-refractivity contribution in [1.29, 1.82) is 0 Å². The van der Waals surface area contributed by atoms with E-state index in [9.17, 15) is 28.0 Å². The summed E-state index contributed by atoms with van der Waals surface area (Å²) in [6.07, 6.45) is 31.6. The van der Waals surface area contributed by atoms with E-state index in [1.807, 2.05) is 241 Å². The highest BCUT2D eigenvalue weighted by Crippen LogP contribution is 2.58. The van der Waals surface area contributed by atoms with E-state index in [1.54, 1.807) is 61.6 Å². The van der Waals surface area contributed by atoms with Gasteiger partial charge in [-0.15, -0.1) is 0 Å². The number of allylic oxidation sites excluding steroid dienone is 8. The number of hydrogen-bond donors (Lipinski definition) is 0. The average molecular weight is 1920 g/mol. The number of aromatic nitrogens is 17. The van der Waals surface area contributed by atoms with Crippen LogP contribution in [0, 0.1) is 85.3 Å². The number of hydrogen-bond acceptors (Lipinski definition) is 17. The van der Waals surface area contributed by atoms with Crippen molar-refractivity contribution in [3.63, 3.8) is 0 Å². The molecule has 0 amide bonds. The van der Waals surface area contributed by atoms with Gasteiger partial charge in [0.1, 0.15) is 34.4 Å². The van der Waals surface area contributed by atoms with Crippen molar-refractivity contribution in [3.8, 4) is 113 Å². The standard InChI is InChI=1S/2C30H24FN5O.C30H25N5O.C29H24N6O/c1-18-23-12-11-22-27(24-9-4-5-14-33-24)35-36(29(22)30(23,2)16-25(32-3)28(18)37)26-13-10-20(17-34-26)19-7-6-8-21(31)15-19;1-18-23-13-12-22-27(24-6-4-5-15-33-24)35-36(29(22)30(23,2)16-25(32-3)28(18)37)26-14-9-20(17-34-26)19-7-10-21(31)11-8-19;1-19-23-14-13-22-27(24-11-7-8-16-32-24)34-35(29(22)30(23,2)17-25(31-3)28(19)36)26-15-12-21(18-33-26)20-9-5-4-6-10-20;1-18-22-11-10-21-26(23-8-4-5-14-32-23)34-35(28(21)29(22,2)15-24(30-3)27(18)36)25-12-9-20(17-33-25)19-7-6-13-31-16-19/h4-10,13-18,23H,11-12H2,1-2H3;4-11,14-18,23H,12-13H2,1-2H3;4-12,15-19,23H,13-14H2,1-2H3;4-9,12-18,22H,10-11H2,1-2H3/t2*18-,23-,30-;19-,23-,30-;18-,22-,29-/m1111/s1. The normalized spacial score (nSPS) is 22.7. The lowest BCUT2D eigenvalue weighted by Gasteiger charge is -2.45. The van der Waals surface area contributed by atoms with Gasteiger partial charge in [0.05, 0.1) is 71.8 Å². The van der Waals surface area contributed by atoms with E-state index in [1.165, 1.54) is 24.3 Å². The summed E-state index contributed by atoms with van der Waals surface area (Å²) in [6.45, 7) is 46.8. The lowest BCUT2D eigenvalue weighted by molar-refractivity contribution is -0.122. The summed E-state index contributed by atoms with van der Waals surface area (Å²) in [5.74, 6) is 1.00. The zero-order valence-corrected chi connectivity index (χ0v) is 81.3. The van der Waals surface area contributed by atoms with Gasteiger partial charge in [0.25, 0.3) is 0 Å². The van der Waals surface area contributed by atoms with Crippen molar-refractivity contribution < 1.29 is 28.0 Å². The Hall–Kier alpha value is -17.7. The quantitative estimate of drug-likeness (QED) is 0.103. The molecule has 0 N–H and O–H groups in total. The lowest BCUT2D eigenvalue weighted by Crippen LogP contribution is -2.46. The summed E-state index contributed by atoms with van der Waals surface area (Å²) >= 11 is 0. The Kier molecular flexibility index (Phi) is 24.8. The summed E-state index contributed by atoms with van der Waals surface area (Å²) in [7, 11) is 0. The largest absolute Gasteiger partial charge is 0.308 e. The van der Waals surface area contributed by atoms with Crippen LogP contribution in [0.25, 0.3) is 133 Å². The van der Waals surface area contributed by atoms with Crippen molar-refractivity contribution in [2.24, 2.45) is 47.3 Å². The molecule has 0 saturated carbocycles. The number of ketones is 4. The van der Waals surface area contributed by atoms with Crippen LogP contribution in [0.2, 0.25) is 0 Å². The number of nitrogens with zero attached hydrogens (tertiary/aromatic N) is 21. The molecular weight excluding hydrogens is 1830 g/mol. The minimum atomic E-state index is -0.580. The Morgan fingerprint density at radius 3 is 0.836 bits per heavy atom. The molecule has 0 aliphatic heterocycles. The molecule has 0 unspecified atom stereocenters. The number of halogens is 2. The molecule has 8 aliphatic rings. The summed E-state index contributed by atoms with van der Waals surface area (Å²) in [5, 5.41) is 20.2. The topological polar surface area (TPSA) is 273 Å². The fraction of sp³-hybridized carbons (Fsp3) is 0.235. The molecule has 16 aromatic rings. The van der Waals surface area contributed by atoms with Gasteiger partial charge in [-0.3, -0.25) is 24.9 Å². The van der Waals surface area contributed by atoms with Gasteiger partial charge in [0, 0.05) is 157 Å². The average Bonchev–Trinajstić information content (AvgIpc) is 1.62. The molecular formula is C119H97F2N21O4. The van der Waals surface area contributed by atoms with Crippen LogP contribution in [-0.4, -0.2) is 107 Å². The number of carbonyl (C=O) groups excluding carboxylic acids is 4. The first kappa shape index (κ1) is 94.5. The van der Waals surface area contributed by atoms with E-state index in [4.69, 9.17) is 66.6 Å². The lowest BCUT2D eigenvalue weighted by atomic mass is 9.58. The molecule has 0 radical (unpaired) electrons. The van der Waals surface area contributed by atoms with Gasteiger partial charge in [0.2, 0.25) is 22.8 Å². The molecule has 25 nitrogen and oxygen atoms in total. The van der Waals surface area contributed by atoms with Crippen molar-refractivity contribution in [2.45, 2.75) is 128 Å². The third-order valence-electron chi connectivity index (χ3n) is 31.1. The Bertz CT molecular complexity index is 7930. The highest BCUT2D eigenvalue weighted by atomic mass is 19.1. The van der Waals surface area contributed by atoms with Gasteiger partial charge in [-0.1, -0.05) is 165 Å². The van der Waals surface area contributed by atoms with Gasteiger partial charge in [-0.05, 0) is 219 Å². The second-order valence-electron chi connectivity index (χ2n) is 39.3. The van der Waals surface area contributed by atoms with Crippen LogP contribution in [-0.2, 0) is 66.5 Å². The molecule has 27 heteroatoms. The second-order valence-corrected chi connectivity index (χ2v) is 39.3. The highest BCUT2D eigenvalue weighted by molar-refractivity contribution is 6.03. The van der Waals surface area contributed by atoms with Gasteiger partial charge >= 0.3 is 0 Å². The Morgan fingerprint density at radius 2 is 0.562 bits per heavy atom. The first-order chi connectivity index (χ1) is 70.8. The Morgan fingerprint density at radius 1 is 0.288 bits per heavy atom. The third kappa shape index (κ3) is 16.5. The number of Topliss-reactive ketones (excluding diaryl/α,β-unsaturated/α-hetero) is 4. The second kappa shape index (κ2) is 38.3. The maximum Gasteiger partial charge on any atom is 0.226 e. The predicted octanol–water partition coefficient (Wildman–Crippen LogP) is 23.0. The number of rotatable bonds is 12. The molecule has 0 bridgehead atoms. The van der Waals surface area contributed by atoms with Crippen LogP contribution in [0.4, 0.5) is 8.78 Å². The molecule has 3 aromatic carbocycles. The number of carbonyl (C=O) groups is 4. The van der Waals surface area contributed by atoms with E-state index in [0.29, 0.717) is 23.3 Å². The van der Waals surface area contributed by atoms with E-state index < -0.39 is 21.7 Å². The van der Waals surface area contributed by atoms with Crippen molar-refractivity contribution in [3.05, 3.63) is 424 Å². The molecule has 146 heavy (non-hydrogen) atoms. The monoisotopic (exact) mass is 1920 g/mol. The molecule has 0 saturated heterocycles. The molecule has 0 spiro atoms. The van der Waals surface area contributed by atoms with Crippen molar-refractivity contribution in [1.82, 2.24) is 84.0 Å². The van der Waals surface area contributed by atoms with Crippen molar-refractivity contribution in [2.75, 3.05) is 0 Å². The van der Waals surface area contributed by atoms with E-state index >= 15 is 0 Å². The van der Waals surface area contributed by atoms with Crippen molar-refractivity contribution >= 4 is 23.1 Å². The SMILES string of the molecule is [C-]#[N+]C1=C[C@@]2(C)c3c(c(-c4ccccn4)nn3-c3ccc(-c4ccc(F)cc4)cn3)CC[C@@H]2[C@@H](C)C1=O.[C-]#[N+]C1=C[C@@]2(C)c3c(c(-c4ccccn4)nn3-c3ccc(-c4cccc(F)c4)cn3)CC[C@@H]2[C@@H](C)C1=O.[C-]#[N+]C1=C[C@@]2(C)c3c(c(-c4ccccn4)nn3-c3ccc(-c4ccccc4)cn3)CC[C@@H]2[C@@H](C)C1=O.[C-]#[N+]C1=C[C@@]2(C)c3c(c(-c4ccccn4)nn3-c3ccc(-c4cccnc4)cn3)CC[C@@H]2[C@@H](C)C1=O. The molecule has 716 valence electrons. The minimum Gasteiger partial charge on any atom is -0.308 e. The summed E-state index contributed by atoms with van der Waals surface area (Å²) in [4.78, 5) is 107. The molecule has 0 fully saturated rings. The first-order valence-electron chi connectivity index (χ1n) is 48.9. The van der Waals surface area contributed by atoms with Crippen LogP contribution < -0.4 is 0 Å². The predicted molar refractivity (Wildman–Crippen MR) is 550 cm³/mol. The minimum absolute atomic E-state index is 0.0385. The summed E-state index contributed by atoms with van der Waals surface area (Å²) in [6, 6.07) is 65.6. The van der Waals surface area contributed by atoms with E-state index in [0.717, 1.165) is 186 Å². The maximum atomic E-state index is 13.8. The zero-order valence-electron chi connectivity index (χ0n) is 81.3. The Balaban J connectivity index is 0.000000114. The fourth-order valence-corrected chi connectivity index (χ4v) is 24.0. The first-order valence-corrected chi connectivity index (χ1v) is 48.9. The van der Waals surface area contributed by atoms with Crippen LogP contribution in [0.5, 0.6) is 0 Å².